The molecule has 0 spiro atoms. The van der Waals surface area contributed by atoms with E-state index >= 15 is 0 Å². The van der Waals surface area contributed by atoms with E-state index in [-0.39, 0.29) is 23.9 Å². The second-order valence-corrected chi connectivity index (χ2v) is 5.44. The first-order valence-electron chi connectivity index (χ1n) is 7.13. The molecule has 1 aliphatic heterocycles. The molecule has 20 heavy (non-hydrogen) atoms. The van der Waals surface area contributed by atoms with Gasteiger partial charge in [-0.1, -0.05) is 37.3 Å². The first kappa shape index (κ1) is 14.5. The van der Waals surface area contributed by atoms with Crippen LogP contribution >= 0.6 is 0 Å². The van der Waals surface area contributed by atoms with E-state index in [9.17, 15) is 4.79 Å². The van der Waals surface area contributed by atoms with E-state index in [1.807, 2.05) is 37.3 Å². The normalized spacial score (nSPS) is 21.2. The zero-order chi connectivity index (χ0) is 14.5. The Morgan fingerprint density at radius 2 is 2.20 bits per heavy atom. The van der Waals surface area contributed by atoms with Crippen LogP contribution in [-0.2, 0) is 4.79 Å². The Balaban J connectivity index is 1.96. The van der Waals surface area contributed by atoms with Gasteiger partial charge in [0.05, 0.1) is 6.07 Å². The number of rotatable bonds is 4. The third-order valence-electron chi connectivity index (χ3n) is 4.10. The summed E-state index contributed by atoms with van der Waals surface area (Å²) in [5.74, 6) is 0.132. The first-order chi connectivity index (χ1) is 9.63. The Bertz CT molecular complexity index is 494. The van der Waals surface area contributed by atoms with E-state index in [4.69, 9.17) is 11.0 Å². The van der Waals surface area contributed by atoms with Gasteiger partial charge in [-0.15, -0.1) is 0 Å². The van der Waals surface area contributed by atoms with Gasteiger partial charge in [-0.25, -0.2) is 0 Å². The minimum atomic E-state index is -0.262. The van der Waals surface area contributed by atoms with Gasteiger partial charge in [-0.05, 0) is 24.3 Å². The summed E-state index contributed by atoms with van der Waals surface area (Å²) in [5.41, 5.74) is 7.32. The summed E-state index contributed by atoms with van der Waals surface area (Å²) in [6.07, 6.45) is 1.99. The number of nitriles is 1. The molecule has 1 fully saturated rings. The van der Waals surface area contributed by atoms with Gasteiger partial charge in [-0.2, -0.15) is 5.26 Å². The standard InChI is InChI=1S/C16H21N3O/c1-12(13-6-3-2-4-7-13)15(18)10-16(20)19-9-5-8-14(19)11-17/h2-4,6-7,12,14-15H,5,8-10,18H2,1H3/t12?,14-,15?/m0/s1. The van der Waals surface area contributed by atoms with Crippen LogP contribution in [0.4, 0.5) is 0 Å². The zero-order valence-electron chi connectivity index (χ0n) is 11.8. The molecule has 1 aliphatic rings. The molecular formula is C16H21N3O. The number of carbonyl (C=O) groups is 1. The maximum absolute atomic E-state index is 12.3. The SMILES string of the molecule is CC(c1ccccc1)C(N)CC(=O)N1CCC[C@H]1C#N. The Morgan fingerprint density at radius 1 is 1.50 bits per heavy atom. The van der Waals surface area contributed by atoms with Crippen molar-refractivity contribution in [3.8, 4) is 6.07 Å². The highest BCUT2D eigenvalue weighted by atomic mass is 16.2. The van der Waals surface area contributed by atoms with Crippen molar-refractivity contribution >= 4 is 5.91 Å². The molecule has 0 bridgehead atoms. The molecule has 4 heteroatoms. The molecule has 1 saturated heterocycles. The molecule has 0 aliphatic carbocycles. The predicted octanol–water partition coefficient (Wildman–Crippen LogP) is 2.02. The molecular weight excluding hydrogens is 250 g/mol. The molecule has 1 aromatic carbocycles. The summed E-state index contributed by atoms with van der Waals surface area (Å²) in [5, 5.41) is 9.03. The van der Waals surface area contributed by atoms with Crippen molar-refractivity contribution in [2.75, 3.05) is 6.54 Å². The third-order valence-corrected chi connectivity index (χ3v) is 4.10. The highest BCUT2D eigenvalue weighted by molar-refractivity contribution is 5.78. The van der Waals surface area contributed by atoms with E-state index in [0.29, 0.717) is 13.0 Å². The summed E-state index contributed by atoms with van der Waals surface area (Å²) in [6, 6.07) is 11.7. The summed E-state index contributed by atoms with van der Waals surface area (Å²) in [6.45, 7) is 2.72. The Morgan fingerprint density at radius 3 is 2.85 bits per heavy atom. The molecule has 4 nitrogen and oxygen atoms in total. The van der Waals surface area contributed by atoms with Gasteiger partial charge in [-0.3, -0.25) is 4.79 Å². The number of amides is 1. The number of hydrogen-bond donors (Lipinski definition) is 1. The van der Waals surface area contributed by atoms with Crippen molar-refractivity contribution in [2.24, 2.45) is 5.73 Å². The van der Waals surface area contributed by atoms with E-state index in [1.165, 1.54) is 0 Å². The summed E-state index contributed by atoms with van der Waals surface area (Å²) in [4.78, 5) is 13.9. The number of benzene rings is 1. The number of nitrogens with zero attached hydrogens (tertiary/aromatic N) is 2. The largest absolute Gasteiger partial charge is 0.327 e. The number of nitrogens with two attached hydrogens (primary N) is 1. The molecule has 1 amide bonds. The van der Waals surface area contributed by atoms with Crippen LogP contribution < -0.4 is 5.73 Å². The molecule has 1 aromatic rings. The fourth-order valence-corrected chi connectivity index (χ4v) is 2.70. The van der Waals surface area contributed by atoms with Crippen LogP contribution in [0.5, 0.6) is 0 Å². The van der Waals surface area contributed by atoms with Crippen molar-refractivity contribution in [1.29, 1.82) is 5.26 Å². The predicted molar refractivity (Wildman–Crippen MR) is 77.8 cm³/mol. The van der Waals surface area contributed by atoms with E-state index in [2.05, 4.69) is 6.07 Å². The van der Waals surface area contributed by atoms with Crippen molar-refractivity contribution in [3.63, 3.8) is 0 Å². The molecule has 0 aromatic heterocycles. The van der Waals surface area contributed by atoms with Crippen LogP contribution in [0.2, 0.25) is 0 Å². The fraction of sp³-hybridized carbons (Fsp3) is 0.500. The molecule has 3 atom stereocenters. The average molecular weight is 271 g/mol. The van der Waals surface area contributed by atoms with Gasteiger partial charge >= 0.3 is 0 Å². The van der Waals surface area contributed by atoms with Crippen molar-refractivity contribution in [3.05, 3.63) is 35.9 Å². The van der Waals surface area contributed by atoms with Gasteiger partial charge in [0.15, 0.2) is 0 Å². The van der Waals surface area contributed by atoms with E-state index < -0.39 is 0 Å². The zero-order valence-corrected chi connectivity index (χ0v) is 11.8. The van der Waals surface area contributed by atoms with Crippen LogP contribution in [0.15, 0.2) is 30.3 Å². The maximum atomic E-state index is 12.3. The quantitative estimate of drug-likeness (QED) is 0.910. The molecule has 2 N–H and O–H groups in total. The van der Waals surface area contributed by atoms with E-state index in [1.54, 1.807) is 4.90 Å². The lowest BCUT2D eigenvalue weighted by molar-refractivity contribution is -0.131. The number of hydrogen-bond acceptors (Lipinski definition) is 3. The molecule has 0 saturated carbocycles. The van der Waals surface area contributed by atoms with Crippen molar-refractivity contribution < 1.29 is 4.79 Å². The van der Waals surface area contributed by atoms with Gasteiger partial charge in [0.1, 0.15) is 6.04 Å². The Hall–Kier alpha value is -1.86. The second kappa shape index (κ2) is 6.53. The number of carbonyl (C=O) groups excluding carboxylic acids is 1. The van der Waals surface area contributed by atoms with Crippen LogP contribution in [0.25, 0.3) is 0 Å². The highest BCUT2D eigenvalue weighted by Gasteiger charge is 2.30. The first-order valence-corrected chi connectivity index (χ1v) is 7.13. The van der Waals surface area contributed by atoms with Gasteiger partial charge in [0.25, 0.3) is 0 Å². The van der Waals surface area contributed by atoms with Crippen LogP contribution in [0.3, 0.4) is 0 Å². The Labute approximate surface area is 120 Å². The monoisotopic (exact) mass is 271 g/mol. The minimum absolute atomic E-state index is 0.00401. The molecule has 0 radical (unpaired) electrons. The van der Waals surface area contributed by atoms with Gasteiger partial charge in [0, 0.05) is 19.0 Å². The fourth-order valence-electron chi connectivity index (χ4n) is 2.70. The van der Waals surface area contributed by atoms with Crippen LogP contribution in [-0.4, -0.2) is 29.4 Å². The van der Waals surface area contributed by atoms with Crippen LogP contribution in [0.1, 0.15) is 37.7 Å². The molecule has 106 valence electrons. The number of likely N-dealkylation sites (tertiary alicyclic amines) is 1. The highest BCUT2D eigenvalue weighted by Crippen LogP contribution is 2.22. The summed E-state index contributed by atoms with van der Waals surface area (Å²) >= 11 is 0. The second-order valence-electron chi connectivity index (χ2n) is 5.44. The smallest absolute Gasteiger partial charge is 0.225 e. The average Bonchev–Trinajstić information content (AvgIpc) is 2.95. The summed E-state index contributed by atoms with van der Waals surface area (Å²) in [7, 11) is 0. The van der Waals surface area contributed by atoms with Crippen molar-refractivity contribution in [1.82, 2.24) is 4.90 Å². The van der Waals surface area contributed by atoms with Gasteiger partial charge in [0.2, 0.25) is 5.91 Å². The Kier molecular flexibility index (Phi) is 4.75. The van der Waals surface area contributed by atoms with Crippen molar-refractivity contribution in [2.45, 2.75) is 44.2 Å². The lowest BCUT2D eigenvalue weighted by atomic mass is 9.91. The maximum Gasteiger partial charge on any atom is 0.225 e. The lowest BCUT2D eigenvalue weighted by Gasteiger charge is -2.24. The topological polar surface area (TPSA) is 70.1 Å². The minimum Gasteiger partial charge on any atom is -0.327 e. The van der Waals surface area contributed by atoms with E-state index in [0.717, 1.165) is 18.4 Å². The third kappa shape index (κ3) is 3.17. The molecule has 2 unspecified atom stereocenters. The molecule has 1 heterocycles. The molecule has 2 rings (SSSR count). The van der Waals surface area contributed by atoms with Gasteiger partial charge < -0.3 is 10.6 Å². The lowest BCUT2D eigenvalue weighted by Crippen LogP contribution is -2.39. The van der Waals surface area contributed by atoms with Crippen LogP contribution in [0, 0.1) is 11.3 Å². The summed E-state index contributed by atoms with van der Waals surface area (Å²) < 4.78 is 0.